The number of thiophene rings is 2. The largest absolute Gasteiger partial charge is 0.433 e. The predicted molar refractivity (Wildman–Crippen MR) is 127 cm³/mol. The third-order valence-electron chi connectivity index (χ3n) is 5.66. The molecule has 4 aromatic rings. The monoisotopic (exact) mass is 565 g/mol. The number of aromatic nitrogens is 3. The van der Waals surface area contributed by atoms with Gasteiger partial charge in [-0.3, -0.25) is 4.79 Å². The second-order valence-corrected chi connectivity index (χ2v) is 10.9. The molecule has 1 amide bonds. The molecule has 1 N–H and O–H groups in total. The summed E-state index contributed by atoms with van der Waals surface area (Å²) in [4.78, 5) is 19.0. The zero-order valence-electron chi connectivity index (χ0n) is 17.5. The summed E-state index contributed by atoms with van der Waals surface area (Å²) in [5.74, 6) is -0.232. The van der Waals surface area contributed by atoms with Gasteiger partial charge in [0.25, 0.3) is 5.91 Å². The van der Waals surface area contributed by atoms with Gasteiger partial charge in [0.15, 0.2) is 17.0 Å². The summed E-state index contributed by atoms with van der Waals surface area (Å²) in [7, 11) is 0. The molecule has 12 heteroatoms. The van der Waals surface area contributed by atoms with E-state index in [0.29, 0.717) is 25.9 Å². The number of hydrogen-bond acceptors (Lipinski definition) is 6. The predicted octanol–water partition coefficient (Wildman–Crippen LogP) is 6.55. The highest BCUT2D eigenvalue weighted by atomic mass is 79.9. The first kappa shape index (κ1) is 23.0. The molecular formula is C22H15BrF3N5OS2. The van der Waals surface area contributed by atoms with Gasteiger partial charge < -0.3 is 5.32 Å². The van der Waals surface area contributed by atoms with Crippen molar-refractivity contribution in [2.75, 3.05) is 5.32 Å². The Labute approximate surface area is 208 Å². The third-order valence-corrected chi connectivity index (χ3v) is 8.45. The molecule has 1 atom stereocenters. The molecule has 0 unspecified atom stereocenters. The fraction of sp³-hybridized carbons (Fsp3) is 0.273. The first-order chi connectivity index (χ1) is 16.2. The molecule has 0 saturated heterocycles. The maximum absolute atomic E-state index is 13.9. The van der Waals surface area contributed by atoms with Gasteiger partial charge in [0.1, 0.15) is 11.1 Å². The molecule has 0 fully saturated rings. The van der Waals surface area contributed by atoms with Gasteiger partial charge in [0.2, 0.25) is 0 Å². The Kier molecular flexibility index (Phi) is 5.74. The van der Waals surface area contributed by atoms with Crippen LogP contribution < -0.4 is 5.32 Å². The first-order valence-corrected chi connectivity index (χ1v) is 12.7. The van der Waals surface area contributed by atoms with E-state index >= 15 is 0 Å². The maximum Gasteiger partial charge on any atom is 0.433 e. The quantitative estimate of drug-likeness (QED) is 0.305. The molecule has 0 radical (unpaired) electrons. The van der Waals surface area contributed by atoms with E-state index in [9.17, 15) is 23.2 Å². The number of amides is 1. The maximum atomic E-state index is 13.9. The van der Waals surface area contributed by atoms with Gasteiger partial charge in [-0.2, -0.15) is 23.5 Å². The molecule has 0 aromatic carbocycles. The molecule has 1 aliphatic rings. The number of nitrogens with one attached hydrogen (secondary N) is 1. The highest BCUT2D eigenvalue weighted by Gasteiger charge is 2.37. The van der Waals surface area contributed by atoms with E-state index in [1.807, 2.05) is 0 Å². The van der Waals surface area contributed by atoms with Crippen molar-refractivity contribution >= 4 is 55.2 Å². The van der Waals surface area contributed by atoms with Crippen LogP contribution in [0.2, 0.25) is 0 Å². The van der Waals surface area contributed by atoms with Crippen LogP contribution in [0.15, 0.2) is 28.1 Å². The molecule has 34 heavy (non-hydrogen) atoms. The van der Waals surface area contributed by atoms with E-state index < -0.39 is 17.8 Å². The van der Waals surface area contributed by atoms with Gasteiger partial charge in [0.05, 0.1) is 20.6 Å². The summed E-state index contributed by atoms with van der Waals surface area (Å²) in [5, 5.41) is 18.4. The van der Waals surface area contributed by atoms with Crippen molar-refractivity contribution in [3.63, 3.8) is 0 Å². The summed E-state index contributed by atoms with van der Waals surface area (Å²) in [6.07, 6.45) is -2.17. The number of rotatable bonds is 3. The summed E-state index contributed by atoms with van der Waals surface area (Å²) < 4.78 is 42.2. The minimum Gasteiger partial charge on any atom is -0.311 e. The minimum absolute atomic E-state index is 0.0438. The minimum atomic E-state index is -4.72. The van der Waals surface area contributed by atoms with E-state index in [4.69, 9.17) is 0 Å². The Morgan fingerprint density at radius 1 is 1.41 bits per heavy atom. The number of carbonyl (C=O) groups is 1. The Balaban J connectivity index is 1.58. The van der Waals surface area contributed by atoms with Crippen LogP contribution in [0.1, 0.15) is 45.5 Å². The van der Waals surface area contributed by atoms with Gasteiger partial charge >= 0.3 is 6.18 Å². The number of anilines is 1. The van der Waals surface area contributed by atoms with Crippen molar-refractivity contribution in [3.05, 3.63) is 55.4 Å². The number of nitrogens with zero attached hydrogens (tertiary/aromatic N) is 4. The number of halogens is 4. The normalized spacial score (nSPS) is 15.8. The van der Waals surface area contributed by atoms with Gasteiger partial charge in [-0.15, -0.1) is 22.7 Å². The lowest BCUT2D eigenvalue weighted by Gasteiger charge is -2.17. The number of carbonyl (C=O) groups excluding carboxylic acids is 1. The van der Waals surface area contributed by atoms with E-state index in [0.717, 1.165) is 35.8 Å². The van der Waals surface area contributed by atoms with Crippen molar-refractivity contribution in [1.29, 1.82) is 5.26 Å². The molecule has 0 bridgehead atoms. The number of hydrogen-bond donors (Lipinski definition) is 1. The lowest BCUT2D eigenvalue weighted by Crippen LogP contribution is -2.16. The van der Waals surface area contributed by atoms with Crippen molar-refractivity contribution in [1.82, 2.24) is 14.6 Å². The molecular weight excluding hydrogens is 551 g/mol. The molecule has 6 nitrogen and oxygen atoms in total. The van der Waals surface area contributed by atoms with Crippen LogP contribution in [0, 0.1) is 17.2 Å². The van der Waals surface area contributed by atoms with E-state index in [1.165, 1.54) is 22.7 Å². The summed E-state index contributed by atoms with van der Waals surface area (Å²) in [5.41, 5.74) is 0.0760. The molecule has 4 heterocycles. The fourth-order valence-corrected chi connectivity index (χ4v) is 6.57. The van der Waals surface area contributed by atoms with Crippen molar-refractivity contribution in [3.8, 4) is 16.6 Å². The number of fused-ring (bicyclic) bond motifs is 2. The highest BCUT2D eigenvalue weighted by molar-refractivity contribution is 9.10. The fourth-order valence-electron chi connectivity index (χ4n) is 4.01. The lowest BCUT2D eigenvalue weighted by molar-refractivity contribution is -0.142. The van der Waals surface area contributed by atoms with Gasteiger partial charge in [-0.25, -0.2) is 9.50 Å². The number of alkyl halides is 3. The van der Waals surface area contributed by atoms with Crippen LogP contribution in [0.3, 0.4) is 0 Å². The van der Waals surface area contributed by atoms with E-state index in [-0.39, 0.29) is 21.5 Å². The lowest BCUT2D eigenvalue weighted by atomic mass is 9.89. The van der Waals surface area contributed by atoms with Crippen LogP contribution in [-0.4, -0.2) is 20.5 Å². The molecule has 5 rings (SSSR count). The molecule has 0 saturated carbocycles. The first-order valence-electron chi connectivity index (χ1n) is 10.2. The van der Waals surface area contributed by atoms with E-state index in [1.54, 1.807) is 17.5 Å². The van der Waals surface area contributed by atoms with Gasteiger partial charge in [0, 0.05) is 4.88 Å². The number of nitriles is 1. The van der Waals surface area contributed by atoms with Crippen molar-refractivity contribution < 1.29 is 18.0 Å². The Morgan fingerprint density at radius 2 is 2.21 bits per heavy atom. The Morgan fingerprint density at radius 3 is 2.88 bits per heavy atom. The molecule has 1 aliphatic carbocycles. The zero-order valence-corrected chi connectivity index (χ0v) is 20.8. The van der Waals surface area contributed by atoms with Crippen LogP contribution >= 0.6 is 38.6 Å². The van der Waals surface area contributed by atoms with Gasteiger partial charge in [-0.1, -0.05) is 13.0 Å². The molecule has 4 aromatic heterocycles. The second kappa shape index (κ2) is 8.48. The standard InChI is InChI=1S/C22H15BrF3N5OS2/c1-10-4-5-11-12(9-27)21(34-15(11)7-10)29-20(32)18-17(23)19-28-13(14-3-2-6-33-14)8-16(22(24,25)26)31(19)30-18/h2-3,6,8,10H,4-5,7H2,1H3,(H,29,32)/t10-/m1/s1. The van der Waals surface area contributed by atoms with Crippen molar-refractivity contribution in [2.45, 2.75) is 32.4 Å². The van der Waals surface area contributed by atoms with E-state index in [2.05, 4.69) is 44.3 Å². The smallest absolute Gasteiger partial charge is 0.311 e. The topological polar surface area (TPSA) is 83.1 Å². The average molecular weight is 566 g/mol. The van der Waals surface area contributed by atoms with Crippen LogP contribution in [0.25, 0.3) is 16.2 Å². The summed E-state index contributed by atoms with van der Waals surface area (Å²) in [6, 6.07) is 6.48. The van der Waals surface area contributed by atoms with Gasteiger partial charge in [-0.05, 0) is 64.2 Å². The van der Waals surface area contributed by atoms with Crippen molar-refractivity contribution in [2.24, 2.45) is 5.92 Å². The second-order valence-electron chi connectivity index (χ2n) is 8.02. The van der Waals surface area contributed by atoms with Crippen LogP contribution in [0.5, 0.6) is 0 Å². The molecule has 0 spiro atoms. The summed E-state index contributed by atoms with van der Waals surface area (Å²) >= 11 is 5.83. The third kappa shape index (κ3) is 3.91. The molecule has 0 aliphatic heterocycles. The zero-order chi connectivity index (χ0) is 24.2. The Bertz CT molecular complexity index is 1470. The Hall–Kier alpha value is -2.75. The average Bonchev–Trinajstić information content (AvgIpc) is 3.50. The molecule has 174 valence electrons. The SMILES string of the molecule is C[C@@H]1CCc2c(sc(NC(=O)c3nn4c(C(F)(F)F)cc(-c5cccs5)nc4c3Br)c2C#N)C1. The highest BCUT2D eigenvalue weighted by Crippen LogP contribution is 2.40. The van der Waals surface area contributed by atoms with Crippen LogP contribution in [-0.2, 0) is 19.0 Å². The van der Waals surface area contributed by atoms with Crippen LogP contribution in [0.4, 0.5) is 18.2 Å². The summed E-state index contributed by atoms with van der Waals surface area (Å²) in [6.45, 7) is 2.14.